The summed E-state index contributed by atoms with van der Waals surface area (Å²) in [5.74, 6) is 1.67. The molecule has 0 unspecified atom stereocenters. The van der Waals surface area contributed by atoms with Crippen LogP contribution in [0.25, 0.3) is 17.1 Å². The van der Waals surface area contributed by atoms with Gasteiger partial charge in [0.25, 0.3) is 0 Å². The van der Waals surface area contributed by atoms with E-state index in [4.69, 9.17) is 4.74 Å². The Morgan fingerprint density at radius 2 is 1.80 bits per heavy atom. The highest BCUT2D eigenvalue weighted by Gasteiger charge is 2.11. The Hall–Kier alpha value is -2.99. The molecular weight excluding hydrogens is 332 g/mol. The fourth-order valence-electron chi connectivity index (χ4n) is 2.51. The lowest BCUT2D eigenvalue weighted by Crippen LogP contribution is -1.97. The zero-order chi connectivity index (χ0) is 17.1. The van der Waals surface area contributed by atoms with Crippen molar-refractivity contribution in [3.63, 3.8) is 0 Å². The van der Waals surface area contributed by atoms with E-state index in [1.54, 1.807) is 7.11 Å². The third kappa shape index (κ3) is 3.44. The molecule has 0 atom stereocenters. The molecule has 5 nitrogen and oxygen atoms in total. The predicted molar refractivity (Wildman–Crippen MR) is 99.8 cm³/mol. The molecule has 2 aromatic carbocycles. The molecule has 124 valence electrons. The van der Waals surface area contributed by atoms with Crippen molar-refractivity contribution in [3.05, 3.63) is 76.6 Å². The van der Waals surface area contributed by atoms with Crippen LogP contribution in [0.4, 0.5) is 0 Å². The van der Waals surface area contributed by atoms with Crippen molar-refractivity contribution in [3.8, 4) is 5.75 Å². The monoisotopic (exact) mass is 348 g/mol. The van der Waals surface area contributed by atoms with Crippen LogP contribution in [0.2, 0.25) is 0 Å². The highest BCUT2D eigenvalue weighted by Crippen LogP contribution is 2.19. The number of benzene rings is 2. The van der Waals surface area contributed by atoms with Gasteiger partial charge in [-0.3, -0.25) is 0 Å². The van der Waals surface area contributed by atoms with Gasteiger partial charge in [0.1, 0.15) is 10.8 Å². The second-order valence-electron chi connectivity index (χ2n) is 5.52. The van der Waals surface area contributed by atoms with Gasteiger partial charge >= 0.3 is 0 Å². The fraction of sp³-hybridized carbons (Fsp3) is 0.105. The molecule has 2 heterocycles. The molecule has 6 heteroatoms. The van der Waals surface area contributed by atoms with Crippen molar-refractivity contribution in [2.45, 2.75) is 6.42 Å². The van der Waals surface area contributed by atoms with Gasteiger partial charge in [-0.1, -0.05) is 59.9 Å². The van der Waals surface area contributed by atoms with E-state index in [0.717, 1.165) is 32.7 Å². The average molecular weight is 348 g/mol. The summed E-state index contributed by atoms with van der Waals surface area (Å²) in [7, 11) is 1.66. The molecule has 0 aliphatic heterocycles. The van der Waals surface area contributed by atoms with E-state index >= 15 is 0 Å². The molecule has 0 saturated carbocycles. The minimum atomic E-state index is 0.677. The van der Waals surface area contributed by atoms with Gasteiger partial charge in [-0.05, 0) is 29.3 Å². The van der Waals surface area contributed by atoms with E-state index in [1.165, 1.54) is 11.3 Å². The van der Waals surface area contributed by atoms with Crippen LogP contribution in [0.3, 0.4) is 0 Å². The van der Waals surface area contributed by atoms with Crippen molar-refractivity contribution in [1.82, 2.24) is 19.8 Å². The lowest BCUT2D eigenvalue weighted by Gasteiger charge is -2.01. The van der Waals surface area contributed by atoms with E-state index in [0.29, 0.717) is 6.42 Å². The summed E-state index contributed by atoms with van der Waals surface area (Å²) < 4.78 is 7.01. The van der Waals surface area contributed by atoms with Gasteiger partial charge in [-0.15, -0.1) is 10.2 Å². The summed E-state index contributed by atoms with van der Waals surface area (Å²) in [5, 5.41) is 14.0. The predicted octanol–water partition coefficient (Wildman–Crippen LogP) is 3.96. The summed E-state index contributed by atoms with van der Waals surface area (Å²) in [6, 6.07) is 18.1. The van der Waals surface area contributed by atoms with E-state index in [-0.39, 0.29) is 0 Å². The molecule has 25 heavy (non-hydrogen) atoms. The molecule has 0 bridgehead atoms. The fourth-order valence-corrected chi connectivity index (χ4v) is 3.27. The number of methoxy groups -OCH3 is 1. The van der Waals surface area contributed by atoms with Gasteiger partial charge in [0, 0.05) is 6.42 Å². The second-order valence-corrected chi connectivity index (χ2v) is 6.51. The minimum absolute atomic E-state index is 0.677. The smallest absolute Gasteiger partial charge is 0.234 e. The third-order valence-corrected chi connectivity index (χ3v) is 4.67. The van der Waals surface area contributed by atoms with E-state index in [2.05, 4.69) is 33.5 Å². The highest BCUT2D eigenvalue weighted by molar-refractivity contribution is 7.17. The van der Waals surface area contributed by atoms with Gasteiger partial charge in [-0.2, -0.15) is 9.61 Å². The largest absolute Gasteiger partial charge is 0.497 e. The number of aromatic nitrogens is 4. The quantitative estimate of drug-likeness (QED) is 0.548. The maximum Gasteiger partial charge on any atom is 0.234 e. The number of hydrogen-bond donors (Lipinski definition) is 0. The number of ether oxygens (including phenoxy) is 1. The summed E-state index contributed by atoms with van der Waals surface area (Å²) in [5.41, 5.74) is 2.29. The van der Waals surface area contributed by atoms with E-state index in [1.807, 2.05) is 53.1 Å². The van der Waals surface area contributed by atoms with Crippen LogP contribution in [-0.2, 0) is 6.42 Å². The summed E-state index contributed by atoms with van der Waals surface area (Å²) >= 11 is 1.53. The lowest BCUT2D eigenvalue weighted by atomic mass is 10.1. The maximum absolute atomic E-state index is 5.19. The van der Waals surface area contributed by atoms with Crippen LogP contribution >= 0.6 is 11.3 Å². The Kier molecular flexibility index (Phi) is 4.26. The molecule has 0 aliphatic carbocycles. The van der Waals surface area contributed by atoms with Crippen molar-refractivity contribution in [1.29, 1.82) is 0 Å². The van der Waals surface area contributed by atoms with E-state index < -0.39 is 0 Å². The van der Waals surface area contributed by atoms with Crippen molar-refractivity contribution < 1.29 is 4.74 Å². The number of rotatable bonds is 5. The Bertz CT molecular complexity index is 1000. The Morgan fingerprint density at radius 1 is 1.00 bits per heavy atom. The molecule has 0 amide bonds. The van der Waals surface area contributed by atoms with Gasteiger partial charge < -0.3 is 4.74 Å². The lowest BCUT2D eigenvalue weighted by molar-refractivity contribution is 0.414. The van der Waals surface area contributed by atoms with Crippen LogP contribution < -0.4 is 4.74 Å². The number of nitrogens with zero attached hydrogens (tertiary/aromatic N) is 4. The number of hydrogen-bond acceptors (Lipinski definition) is 5. The van der Waals surface area contributed by atoms with Crippen LogP contribution in [0.5, 0.6) is 5.75 Å². The molecule has 0 aliphatic rings. The molecule has 0 N–H and O–H groups in total. The maximum atomic E-state index is 5.19. The van der Waals surface area contributed by atoms with Crippen molar-refractivity contribution in [2.24, 2.45) is 0 Å². The first kappa shape index (κ1) is 15.5. The number of fused-ring (bicyclic) bond motifs is 1. The Morgan fingerprint density at radius 3 is 2.56 bits per heavy atom. The summed E-state index contributed by atoms with van der Waals surface area (Å²) in [4.78, 5) is 0.802. The zero-order valence-electron chi connectivity index (χ0n) is 13.7. The molecular formula is C19H16N4OS. The molecule has 0 fully saturated rings. The first-order chi connectivity index (χ1) is 12.3. The standard InChI is InChI=1S/C19H16N4OS/c1-24-16-10-7-15(8-11-16)13-17-20-21-19-23(17)22-18(25-19)12-9-14-5-3-2-4-6-14/h2-12H,13H2,1H3. The Labute approximate surface area is 149 Å². The normalized spacial score (nSPS) is 11.4. The first-order valence-corrected chi connectivity index (χ1v) is 8.70. The zero-order valence-corrected chi connectivity index (χ0v) is 14.5. The van der Waals surface area contributed by atoms with Crippen LogP contribution in [-0.4, -0.2) is 26.9 Å². The highest BCUT2D eigenvalue weighted by atomic mass is 32.1. The summed E-state index contributed by atoms with van der Waals surface area (Å²) in [6.45, 7) is 0. The topological polar surface area (TPSA) is 52.3 Å². The van der Waals surface area contributed by atoms with Gasteiger partial charge in [0.05, 0.1) is 7.11 Å². The van der Waals surface area contributed by atoms with Crippen molar-refractivity contribution in [2.75, 3.05) is 7.11 Å². The second kappa shape index (κ2) is 6.86. The molecule has 0 spiro atoms. The molecule has 4 aromatic rings. The molecule has 0 radical (unpaired) electrons. The van der Waals surface area contributed by atoms with Crippen LogP contribution in [0.15, 0.2) is 54.6 Å². The first-order valence-electron chi connectivity index (χ1n) is 7.89. The SMILES string of the molecule is COc1ccc(Cc2nnc3sc(C=Cc4ccccc4)nn23)cc1. The third-order valence-electron chi connectivity index (χ3n) is 3.81. The Balaban J connectivity index is 1.56. The van der Waals surface area contributed by atoms with Crippen LogP contribution in [0, 0.1) is 0 Å². The molecule has 4 rings (SSSR count). The van der Waals surface area contributed by atoms with E-state index in [9.17, 15) is 0 Å². The molecule has 0 saturated heterocycles. The van der Waals surface area contributed by atoms with Gasteiger partial charge in [0.15, 0.2) is 5.82 Å². The average Bonchev–Trinajstić information content (AvgIpc) is 3.23. The van der Waals surface area contributed by atoms with Crippen molar-refractivity contribution >= 4 is 28.4 Å². The van der Waals surface area contributed by atoms with Gasteiger partial charge in [-0.25, -0.2) is 0 Å². The summed E-state index contributed by atoms with van der Waals surface area (Å²) in [6.07, 6.45) is 4.73. The van der Waals surface area contributed by atoms with Gasteiger partial charge in [0.2, 0.25) is 4.96 Å². The molecule has 2 aromatic heterocycles. The minimum Gasteiger partial charge on any atom is -0.497 e. The van der Waals surface area contributed by atoms with Crippen LogP contribution in [0.1, 0.15) is 22.0 Å².